The zero-order valence-corrected chi connectivity index (χ0v) is 17.0. The number of ether oxygens (including phenoxy) is 1. The maximum absolute atomic E-state index is 12.9. The molecule has 3 rings (SSSR count). The normalized spacial score (nSPS) is 17.9. The van der Waals surface area contributed by atoms with Crippen LogP contribution in [0.25, 0.3) is 0 Å². The smallest absolute Gasteiger partial charge is 0.243 e. The van der Waals surface area contributed by atoms with Gasteiger partial charge in [0.25, 0.3) is 0 Å². The quantitative estimate of drug-likeness (QED) is 0.806. The minimum Gasteiger partial charge on any atom is -0.497 e. The van der Waals surface area contributed by atoms with E-state index in [0.717, 1.165) is 11.1 Å². The molecule has 2 aromatic carbocycles. The number of methoxy groups -OCH3 is 1. The van der Waals surface area contributed by atoms with Crippen LogP contribution in [0.15, 0.2) is 53.4 Å². The first kappa shape index (κ1) is 20.4. The Hall–Kier alpha value is -2.38. The lowest BCUT2D eigenvalue weighted by atomic mass is 9.98. The molecule has 0 aliphatic carbocycles. The number of benzene rings is 2. The Morgan fingerprint density at radius 1 is 1.21 bits per heavy atom. The Morgan fingerprint density at radius 2 is 1.96 bits per heavy atom. The number of amides is 1. The second-order valence-corrected chi connectivity index (χ2v) is 9.02. The lowest BCUT2D eigenvalue weighted by Crippen LogP contribution is -2.45. The number of hydrogen-bond donors (Lipinski definition) is 1. The molecule has 2 aromatic rings. The molecule has 0 aromatic heterocycles. The van der Waals surface area contributed by atoms with E-state index in [1.807, 2.05) is 31.2 Å². The maximum atomic E-state index is 12.9. The molecule has 150 valence electrons. The van der Waals surface area contributed by atoms with E-state index in [4.69, 9.17) is 4.74 Å². The Kier molecular flexibility index (Phi) is 6.36. The average molecular weight is 403 g/mol. The topological polar surface area (TPSA) is 75.7 Å². The third kappa shape index (κ3) is 4.72. The van der Waals surface area contributed by atoms with Gasteiger partial charge in [-0.1, -0.05) is 29.8 Å². The number of carbonyl (C=O) groups excluding carboxylic acids is 1. The molecule has 0 unspecified atom stereocenters. The molecule has 1 N–H and O–H groups in total. The van der Waals surface area contributed by atoms with Crippen molar-refractivity contribution >= 4 is 15.9 Å². The molecule has 0 saturated carbocycles. The van der Waals surface area contributed by atoms with E-state index >= 15 is 0 Å². The number of rotatable bonds is 6. The fraction of sp³-hybridized carbons (Fsp3) is 0.381. The predicted octanol–water partition coefficient (Wildman–Crippen LogP) is 2.72. The number of sulfonamides is 1. The summed E-state index contributed by atoms with van der Waals surface area (Å²) < 4.78 is 32.3. The summed E-state index contributed by atoms with van der Waals surface area (Å²) in [5, 5.41) is 2.95. The summed E-state index contributed by atoms with van der Waals surface area (Å²) in [6.07, 6.45) is 1.35. The lowest BCUT2D eigenvalue weighted by molar-refractivity contribution is -0.126. The standard InChI is InChI=1S/C21H26N2O4S/c1-16-5-3-6-17(13-16)14-22-21(24)18-7-4-12-23(15-18)28(25,26)20-10-8-19(27-2)9-11-20/h3,5-6,8-11,13,18H,4,7,12,14-15H2,1-2H3,(H,22,24)/t18-/m1/s1. The highest BCUT2D eigenvalue weighted by molar-refractivity contribution is 7.89. The van der Waals surface area contributed by atoms with Crippen LogP contribution in [-0.2, 0) is 21.4 Å². The van der Waals surface area contributed by atoms with Crippen LogP contribution in [0.4, 0.5) is 0 Å². The first-order chi connectivity index (χ1) is 13.4. The molecule has 0 radical (unpaired) electrons. The molecule has 1 aliphatic rings. The van der Waals surface area contributed by atoms with Crippen LogP contribution in [0, 0.1) is 12.8 Å². The van der Waals surface area contributed by atoms with E-state index in [1.54, 1.807) is 12.1 Å². The van der Waals surface area contributed by atoms with Gasteiger partial charge in [-0.2, -0.15) is 4.31 Å². The summed E-state index contributed by atoms with van der Waals surface area (Å²) >= 11 is 0. The van der Waals surface area contributed by atoms with Crippen LogP contribution >= 0.6 is 0 Å². The summed E-state index contributed by atoms with van der Waals surface area (Å²) in [5.74, 6) is 0.161. The number of aryl methyl sites for hydroxylation is 1. The van der Waals surface area contributed by atoms with Gasteiger partial charge in [0, 0.05) is 19.6 Å². The van der Waals surface area contributed by atoms with E-state index in [1.165, 1.54) is 23.5 Å². The lowest BCUT2D eigenvalue weighted by Gasteiger charge is -2.31. The fourth-order valence-electron chi connectivity index (χ4n) is 3.43. The Bertz CT molecular complexity index is 926. The molecule has 1 atom stereocenters. The van der Waals surface area contributed by atoms with Crippen molar-refractivity contribution in [2.75, 3.05) is 20.2 Å². The second kappa shape index (κ2) is 8.75. The van der Waals surface area contributed by atoms with Crippen LogP contribution in [0.5, 0.6) is 5.75 Å². The zero-order chi connectivity index (χ0) is 20.1. The van der Waals surface area contributed by atoms with Crippen LogP contribution in [0.1, 0.15) is 24.0 Å². The van der Waals surface area contributed by atoms with Crippen LogP contribution in [-0.4, -0.2) is 38.8 Å². The molecule has 1 aliphatic heterocycles. The first-order valence-electron chi connectivity index (χ1n) is 9.37. The van der Waals surface area contributed by atoms with Gasteiger partial charge in [0.05, 0.1) is 17.9 Å². The number of hydrogen-bond acceptors (Lipinski definition) is 4. The maximum Gasteiger partial charge on any atom is 0.243 e. The van der Waals surface area contributed by atoms with E-state index in [9.17, 15) is 13.2 Å². The SMILES string of the molecule is COc1ccc(S(=O)(=O)N2CCC[C@@H](C(=O)NCc3cccc(C)c3)C2)cc1. The van der Waals surface area contributed by atoms with Gasteiger partial charge in [0.1, 0.15) is 5.75 Å². The highest BCUT2D eigenvalue weighted by Crippen LogP contribution is 2.25. The fourth-order valence-corrected chi connectivity index (χ4v) is 4.95. The van der Waals surface area contributed by atoms with Crippen molar-refractivity contribution in [3.63, 3.8) is 0 Å². The molecular formula is C21H26N2O4S. The summed E-state index contributed by atoms with van der Waals surface area (Å²) in [7, 11) is -2.09. The number of nitrogens with zero attached hydrogens (tertiary/aromatic N) is 1. The van der Waals surface area contributed by atoms with Crippen LogP contribution in [0.2, 0.25) is 0 Å². The molecule has 1 fully saturated rings. The van der Waals surface area contributed by atoms with E-state index in [2.05, 4.69) is 5.32 Å². The van der Waals surface area contributed by atoms with Crippen molar-refractivity contribution in [1.82, 2.24) is 9.62 Å². The first-order valence-corrected chi connectivity index (χ1v) is 10.8. The number of piperidine rings is 1. The van der Waals surface area contributed by atoms with Crippen LogP contribution in [0.3, 0.4) is 0 Å². The molecule has 6 nitrogen and oxygen atoms in total. The van der Waals surface area contributed by atoms with Crippen molar-refractivity contribution in [2.45, 2.75) is 31.2 Å². The van der Waals surface area contributed by atoms with Gasteiger partial charge < -0.3 is 10.1 Å². The average Bonchev–Trinajstić information content (AvgIpc) is 2.72. The molecule has 1 heterocycles. The largest absolute Gasteiger partial charge is 0.497 e. The van der Waals surface area contributed by atoms with Gasteiger partial charge in [-0.15, -0.1) is 0 Å². The molecule has 0 bridgehead atoms. The number of nitrogens with one attached hydrogen (secondary N) is 1. The van der Waals surface area contributed by atoms with Gasteiger partial charge in [-0.05, 0) is 49.6 Å². The Balaban J connectivity index is 1.64. The minimum atomic E-state index is -3.63. The van der Waals surface area contributed by atoms with Gasteiger partial charge in [0.15, 0.2) is 0 Å². The van der Waals surface area contributed by atoms with E-state index < -0.39 is 10.0 Å². The summed E-state index contributed by atoms with van der Waals surface area (Å²) in [6, 6.07) is 14.3. The van der Waals surface area contributed by atoms with Gasteiger partial charge in [-0.25, -0.2) is 8.42 Å². The molecule has 1 amide bonds. The highest BCUT2D eigenvalue weighted by atomic mass is 32.2. The van der Waals surface area contributed by atoms with E-state index in [0.29, 0.717) is 31.7 Å². The summed E-state index contributed by atoms with van der Waals surface area (Å²) in [4.78, 5) is 12.8. The van der Waals surface area contributed by atoms with Crippen molar-refractivity contribution in [2.24, 2.45) is 5.92 Å². The molecule has 0 spiro atoms. The predicted molar refractivity (Wildman–Crippen MR) is 108 cm³/mol. The van der Waals surface area contributed by atoms with Gasteiger partial charge in [0.2, 0.25) is 15.9 Å². The second-order valence-electron chi connectivity index (χ2n) is 7.08. The summed E-state index contributed by atoms with van der Waals surface area (Å²) in [6.45, 7) is 3.08. The van der Waals surface area contributed by atoms with Gasteiger partial charge >= 0.3 is 0 Å². The third-order valence-corrected chi connectivity index (χ3v) is 6.88. The summed E-state index contributed by atoms with van der Waals surface area (Å²) in [5.41, 5.74) is 2.17. The zero-order valence-electron chi connectivity index (χ0n) is 16.2. The molecule has 7 heteroatoms. The number of carbonyl (C=O) groups is 1. The monoisotopic (exact) mass is 402 g/mol. The molecule has 1 saturated heterocycles. The molecular weight excluding hydrogens is 376 g/mol. The van der Waals surface area contributed by atoms with Crippen LogP contribution < -0.4 is 10.1 Å². The van der Waals surface area contributed by atoms with Crippen molar-refractivity contribution in [3.05, 3.63) is 59.7 Å². The van der Waals surface area contributed by atoms with Crippen molar-refractivity contribution < 1.29 is 17.9 Å². The third-order valence-electron chi connectivity index (χ3n) is 5.00. The van der Waals surface area contributed by atoms with Crippen molar-refractivity contribution in [1.29, 1.82) is 0 Å². The molecule has 28 heavy (non-hydrogen) atoms. The minimum absolute atomic E-state index is 0.101. The highest BCUT2D eigenvalue weighted by Gasteiger charge is 2.33. The van der Waals surface area contributed by atoms with E-state index in [-0.39, 0.29) is 23.3 Å². The van der Waals surface area contributed by atoms with Gasteiger partial charge in [-0.3, -0.25) is 4.79 Å². The van der Waals surface area contributed by atoms with Crippen molar-refractivity contribution in [3.8, 4) is 5.75 Å². The Morgan fingerprint density at radius 3 is 2.64 bits per heavy atom. The Labute approximate surface area is 166 Å².